The van der Waals surface area contributed by atoms with Gasteiger partial charge in [-0.25, -0.2) is 8.42 Å². The Morgan fingerprint density at radius 2 is 1.89 bits per heavy atom. The summed E-state index contributed by atoms with van der Waals surface area (Å²) in [6.07, 6.45) is 2.46. The van der Waals surface area contributed by atoms with Gasteiger partial charge >= 0.3 is 5.97 Å². The molecule has 19 heavy (non-hydrogen) atoms. The topological polar surface area (TPSA) is 101 Å². The van der Waals surface area contributed by atoms with E-state index in [-0.39, 0.29) is 17.6 Å². The molecule has 106 valence electrons. The van der Waals surface area contributed by atoms with Crippen molar-refractivity contribution < 1.29 is 23.1 Å². The first-order chi connectivity index (χ1) is 8.78. The smallest absolute Gasteiger partial charge is 0.307 e. The fraction of sp³-hybridized carbons (Fsp3) is 0.667. The molecule has 1 saturated carbocycles. The number of nitrogens with one attached hydrogen (secondary N) is 1. The highest BCUT2D eigenvalue weighted by Gasteiger charge is 2.41. The van der Waals surface area contributed by atoms with Crippen molar-refractivity contribution in [2.24, 2.45) is 17.8 Å². The molecular weight excluding hydrogens is 270 g/mol. The largest absolute Gasteiger partial charge is 0.481 e. The van der Waals surface area contributed by atoms with Crippen LogP contribution in [-0.2, 0) is 19.4 Å². The maximum atomic E-state index is 12.1. The van der Waals surface area contributed by atoms with E-state index < -0.39 is 33.7 Å². The number of aliphatic carboxylic acids is 1. The highest BCUT2D eigenvalue weighted by Crippen LogP contribution is 2.36. The molecule has 1 aliphatic carbocycles. The van der Waals surface area contributed by atoms with E-state index in [2.05, 4.69) is 5.32 Å². The van der Waals surface area contributed by atoms with E-state index in [0.717, 1.165) is 5.41 Å². The molecule has 0 bridgehead atoms. The highest BCUT2D eigenvalue weighted by molar-refractivity contribution is 7.94. The first-order valence-corrected chi connectivity index (χ1v) is 7.94. The molecule has 7 heteroatoms. The zero-order chi connectivity index (χ0) is 14.2. The number of carboxylic acids is 1. The van der Waals surface area contributed by atoms with Crippen molar-refractivity contribution in [3.63, 3.8) is 0 Å². The van der Waals surface area contributed by atoms with Gasteiger partial charge in [0.1, 0.15) is 0 Å². The second-order valence-corrected chi connectivity index (χ2v) is 7.33. The molecule has 1 fully saturated rings. The van der Waals surface area contributed by atoms with Crippen LogP contribution in [0, 0.1) is 17.8 Å². The third-order valence-corrected chi connectivity index (χ3v) is 5.11. The lowest BCUT2D eigenvalue weighted by atomic mass is 9.95. The minimum Gasteiger partial charge on any atom is -0.481 e. The van der Waals surface area contributed by atoms with Crippen molar-refractivity contribution in [3.8, 4) is 0 Å². The van der Waals surface area contributed by atoms with E-state index in [9.17, 15) is 18.0 Å². The molecule has 0 aromatic rings. The van der Waals surface area contributed by atoms with Crippen LogP contribution in [0.1, 0.15) is 19.8 Å². The molecule has 0 radical (unpaired) electrons. The maximum absolute atomic E-state index is 12.1. The molecule has 6 nitrogen and oxygen atoms in total. The van der Waals surface area contributed by atoms with Crippen LogP contribution in [0.4, 0.5) is 0 Å². The van der Waals surface area contributed by atoms with Gasteiger partial charge in [-0.05, 0) is 24.8 Å². The lowest BCUT2D eigenvalue weighted by Gasteiger charge is -2.17. The molecule has 1 amide bonds. The van der Waals surface area contributed by atoms with Gasteiger partial charge in [-0.15, -0.1) is 0 Å². The number of amides is 1. The summed E-state index contributed by atoms with van der Waals surface area (Å²) >= 11 is 0. The summed E-state index contributed by atoms with van der Waals surface area (Å²) in [5.41, 5.74) is 0. The summed E-state index contributed by atoms with van der Waals surface area (Å²) in [4.78, 5) is 23.2. The molecule has 0 saturated heterocycles. The second kappa shape index (κ2) is 4.96. The summed E-state index contributed by atoms with van der Waals surface area (Å²) in [5, 5.41) is 12.8. The van der Waals surface area contributed by atoms with Crippen molar-refractivity contribution in [2.45, 2.75) is 25.8 Å². The lowest BCUT2D eigenvalue weighted by molar-refractivity contribution is -0.146. The SMILES string of the molecule is CC1C[C@H](C(=O)NC2C=CS(=O)(=O)C2)[C@H](C(=O)O)C1. The molecule has 2 aliphatic rings. The fourth-order valence-corrected chi connectivity index (χ4v) is 4.05. The second-order valence-electron chi connectivity index (χ2n) is 5.40. The zero-order valence-electron chi connectivity index (χ0n) is 10.6. The molecule has 2 rings (SSSR count). The third kappa shape index (κ3) is 3.15. The predicted octanol–water partition coefficient (Wildman–Crippen LogP) is 0.160. The van der Waals surface area contributed by atoms with E-state index in [1.165, 1.54) is 6.08 Å². The summed E-state index contributed by atoms with van der Waals surface area (Å²) in [6.45, 7) is 1.92. The molecule has 2 N–H and O–H groups in total. The molecule has 0 aromatic carbocycles. The Morgan fingerprint density at radius 1 is 1.26 bits per heavy atom. The molecule has 2 unspecified atom stereocenters. The van der Waals surface area contributed by atoms with Crippen LogP contribution in [0.3, 0.4) is 0 Å². The highest BCUT2D eigenvalue weighted by atomic mass is 32.2. The van der Waals surface area contributed by atoms with Crippen molar-refractivity contribution in [1.82, 2.24) is 5.32 Å². The molecule has 1 aliphatic heterocycles. The Balaban J connectivity index is 2.00. The Bertz CT molecular complexity index is 524. The van der Waals surface area contributed by atoms with Gasteiger partial charge in [-0.1, -0.05) is 6.92 Å². The number of carboxylic acid groups (broad SMARTS) is 1. The summed E-state index contributed by atoms with van der Waals surface area (Å²) in [5.74, 6) is -2.50. The normalized spacial score (nSPS) is 36.3. The van der Waals surface area contributed by atoms with E-state index >= 15 is 0 Å². The first-order valence-electron chi connectivity index (χ1n) is 6.22. The van der Waals surface area contributed by atoms with Crippen LogP contribution in [-0.4, -0.2) is 37.2 Å². The number of sulfone groups is 1. The average Bonchev–Trinajstić information content (AvgIpc) is 2.82. The number of hydrogen-bond donors (Lipinski definition) is 2. The standard InChI is InChI=1S/C12H17NO5S/c1-7-4-9(10(5-7)12(15)16)11(14)13-8-2-3-19(17,18)6-8/h2-3,7-10H,4-6H2,1H3,(H,13,14)(H,15,16)/t7?,8?,9-,10+/m0/s1. The van der Waals surface area contributed by atoms with Crippen LogP contribution < -0.4 is 5.32 Å². The van der Waals surface area contributed by atoms with E-state index in [4.69, 9.17) is 5.11 Å². The van der Waals surface area contributed by atoms with Crippen molar-refractivity contribution in [2.75, 3.05) is 5.75 Å². The molecule has 1 heterocycles. The summed E-state index contributed by atoms with van der Waals surface area (Å²) in [7, 11) is -3.22. The summed E-state index contributed by atoms with van der Waals surface area (Å²) < 4.78 is 22.5. The minimum absolute atomic E-state index is 0.140. The molecule has 4 atom stereocenters. The average molecular weight is 287 g/mol. The monoisotopic (exact) mass is 287 g/mol. The van der Waals surface area contributed by atoms with Gasteiger partial charge in [-0.2, -0.15) is 0 Å². The molecular formula is C12H17NO5S. The lowest BCUT2D eigenvalue weighted by Crippen LogP contribution is -2.41. The van der Waals surface area contributed by atoms with Crippen LogP contribution in [0.25, 0.3) is 0 Å². The minimum atomic E-state index is -3.22. The van der Waals surface area contributed by atoms with Crippen LogP contribution in [0.2, 0.25) is 0 Å². The Labute approximate surface area is 111 Å². The number of carbonyl (C=O) groups excluding carboxylic acids is 1. The van der Waals surface area contributed by atoms with Gasteiger partial charge < -0.3 is 10.4 Å². The number of carbonyl (C=O) groups is 2. The fourth-order valence-electron chi connectivity index (χ4n) is 2.81. The van der Waals surface area contributed by atoms with E-state index in [1.54, 1.807) is 0 Å². The van der Waals surface area contributed by atoms with Gasteiger partial charge in [0, 0.05) is 5.41 Å². The van der Waals surface area contributed by atoms with Crippen molar-refractivity contribution >= 4 is 21.7 Å². The van der Waals surface area contributed by atoms with Gasteiger partial charge in [0.15, 0.2) is 9.84 Å². The van der Waals surface area contributed by atoms with Crippen molar-refractivity contribution in [1.29, 1.82) is 0 Å². The third-order valence-electron chi connectivity index (χ3n) is 3.71. The van der Waals surface area contributed by atoms with E-state index in [0.29, 0.717) is 12.8 Å². The summed E-state index contributed by atoms with van der Waals surface area (Å²) in [6, 6.07) is -0.539. The Morgan fingerprint density at radius 3 is 2.42 bits per heavy atom. The number of hydrogen-bond acceptors (Lipinski definition) is 4. The van der Waals surface area contributed by atoms with Gasteiger partial charge in [0.25, 0.3) is 0 Å². The predicted molar refractivity (Wildman–Crippen MR) is 67.9 cm³/mol. The first kappa shape index (κ1) is 14.0. The molecule has 0 spiro atoms. The zero-order valence-corrected chi connectivity index (χ0v) is 11.4. The van der Waals surface area contributed by atoms with Crippen molar-refractivity contribution in [3.05, 3.63) is 11.5 Å². The van der Waals surface area contributed by atoms with Gasteiger partial charge in [0.2, 0.25) is 5.91 Å². The van der Waals surface area contributed by atoms with Gasteiger partial charge in [0.05, 0.1) is 23.6 Å². The van der Waals surface area contributed by atoms with E-state index in [1.807, 2.05) is 6.92 Å². The quantitative estimate of drug-likeness (QED) is 0.770. The van der Waals surface area contributed by atoms with Crippen LogP contribution in [0.5, 0.6) is 0 Å². The Hall–Kier alpha value is -1.37. The Kier molecular flexibility index (Phi) is 3.66. The maximum Gasteiger partial charge on any atom is 0.307 e. The van der Waals surface area contributed by atoms with Crippen LogP contribution in [0.15, 0.2) is 11.5 Å². The van der Waals surface area contributed by atoms with Crippen LogP contribution >= 0.6 is 0 Å². The molecule has 0 aromatic heterocycles. The van der Waals surface area contributed by atoms with Gasteiger partial charge in [-0.3, -0.25) is 9.59 Å². The number of rotatable bonds is 3.